The van der Waals surface area contributed by atoms with Gasteiger partial charge in [0, 0.05) is 16.6 Å². The average Bonchev–Trinajstić information content (AvgIpc) is 2.45. The Morgan fingerprint density at radius 3 is 2.65 bits per heavy atom. The monoisotopic (exact) mass is 348 g/mol. The number of thiocarbonyl (C=S) groups is 1. The Bertz CT molecular complexity index is 658. The van der Waals surface area contributed by atoms with Crippen LogP contribution < -0.4 is 11.1 Å². The van der Waals surface area contributed by atoms with Crippen molar-refractivity contribution >= 4 is 39.0 Å². The molecule has 0 fully saturated rings. The van der Waals surface area contributed by atoms with Gasteiger partial charge in [-0.15, -0.1) is 0 Å². The van der Waals surface area contributed by atoms with Crippen LogP contribution in [0.2, 0.25) is 0 Å². The number of nitrogens with one attached hydrogen (secondary N) is 1. The zero-order chi connectivity index (χ0) is 14.5. The Morgan fingerprint density at radius 1 is 1.20 bits per heavy atom. The molecule has 3 nitrogen and oxygen atoms in total. The largest absolute Gasteiger partial charge is 0.389 e. The van der Waals surface area contributed by atoms with Gasteiger partial charge >= 0.3 is 0 Å². The van der Waals surface area contributed by atoms with Gasteiger partial charge in [-0.25, -0.2) is 0 Å². The number of carbonyl (C=O) groups is 1. The molecule has 0 unspecified atom stereocenters. The van der Waals surface area contributed by atoms with Crippen LogP contribution in [0.15, 0.2) is 53.0 Å². The van der Waals surface area contributed by atoms with E-state index in [1.165, 1.54) is 0 Å². The molecule has 0 aliphatic rings. The topological polar surface area (TPSA) is 55.1 Å². The summed E-state index contributed by atoms with van der Waals surface area (Å²) in [6, 6.07) is 14.8. The van der Waals surface area contributed by atoms with E-state index in [2.05, 4.69) is 21.2 Å². The number of rotatable bonds is 4. The molecular weight excluding hydrogens is 336 g/mol. The molecule has 0 saturated heterocycles. The van der Waals surface area contributed by atoms with Gasteiger partial charge in [0.25, 0.3) is 5.91 Å². The van der Waals surface area contributed by atoms with E-state index in [1.54, 1.807) is 6.07 Å². The summed E-state index contributed by atoms with van der Waals surface area (Å²) in [5.74, 6) is -0.127. The normalized spacial score (nSPS) is 10.1. The minimum atomic E-state index is -0.127. The lowest BCUT2D eigenvalue weighted by Crippen LogP contribution is -2.23. The fraction of sp³-hybridized carbons (Fsp3) is 0.0667. The van der Waals surface area contributed by atoms with Crippen LogP contribution in [-0.2, 0) is 6.54 Å². The molecule has 0 aliphatic heterocycles. The molecule has 0 aromatic heterocycles. The third-order valence-corrected chi connectivity index (χ3v) is 3.71. The summed E-state index contributed by atoms with van der Waals surface area (Å²) < 4.78 is 0.773. The van der Waals surface area contributed by atoms with Crippen LogP contribution in [0, 0.1) is 0 Å². The number of halogens is 1. The molecule has 0 heterocycles. The van der Waals surface area contributed by atoms with Crippen molar-refractivity contribution in [1.29, 1.82) is 0 Å². The minimum absolute atomic E-state index is 0.127. The fourth-order valence-electron chi connectivity index (χ4n) is 1.76. The molecule has 0 aliphatic carbocycles. The first-order valence-electron chi connectivity index (χ1n) is 5.99. The molecule has 2 aromatic rings. The van der Waals surface area contributed by atoms with Crippen molar-refractivity contribution in [2.24, 2.45) is 5.73 Å². The molecule has 2 aromatic carbocycles. The molecule has 0 spiro atoms. The van der Waals surface area contributed by atoms with Crippen molar-refractivity contribution in [2.75, 3.05) is 0 Å². The summed E-state index contributed by atoms with van der Waals surface area (Å²) in [5.41, 5.74) is 7.95. The number of nitrogens with two attached hydrogens (primary N) is 1. The predicted octanol–water partition coefficient (Wildman–Crippen LogP) is 3.01. The summed E-state index contributed by atoms with van der Waals surface area (Å²) in [5, 5.41) is 2.87. The van der Waals surface area contributed by atoms with Crippen LogP contribution >= 0.6 is 28.1 Å². The molecule has 0 radical (unpaired) electrons. The Kier molecular flexibility index (Phi) is 4.87. The fourth-order valence-corrected chi connectivity index (χ4v) is 2.35. The van der Waals surface area contributed by atoms with Gasteiger partial charge in [-0.2, -0.15) is 0 Å². The minimum Gasteiger partial charge on any atom is -0.389 e. The van der Waals surface area contributed by atoms with Gasteiger partial charge in [-0.1, -0.05) is 42.5 Å². The summed E-state index contributed by atoms with van der Waals surface area (Å²) in [6.07, 6.45) is 0. The van der Waals surface area contributed by atoms with E-state index in [0.717, 1.165) is 15.6 Å². The molecule has 0 saturated carbocycles. The molecule has 5 heteroatoms. The van der Waals surface area contributed by atoms with Crippen molar-refractivity contribution in [3.8, 4) is 0 Å². The van der Waals surface area contributed by atoms with Crippen molar-refractivity contribution < 1.29 is 4.79 Å². The third-order valence-electron chi connectivity index (χ3n) is 2.78. The van der Waals surface area contributed by atoms with Crippen LogP contribution in [0.4, 0.5) is 0 Å². The molecular formula is C15H13BrN2OS. The smallest absolute Gasteiger partial charge is 0.252 e. The SMILES string of the molecule is NC(=S)c1cccc(CNC(=O)c2ccccc2Br)c1. The zero-order valence-corrected chi connectivity index (χ0v) is 13.0. The second-order valence-corrected chi connectivity index (χ2v) is 5.52. The van der Waals surface area contributed by atoms with E-state index in [1.807, 2.05) is 42.5 Å². The van der Waals surface area contributed by atoms with Crippen LogP contribution in [-0.4, -0.2) is 10.9 Å². The van der Waals surface area contributed by atoms with Gasteiger partial charge < -0.3 is 11.1 Å². The first-order valence-corrected chi connectivity index (χ1v) is 7.19. The molecule has 20 heavy (non-hydrogen) atoms. The van der Waals surface area contributed by atoms with E-state index in [4.69, 9.17) is 18.0 Å². The van der Waals surface area contributed by atoms with Gasteiger partial charge in [0.2, 0.25) is 0 Å². The van der Waals surface area contributed by atoms with E-state index in [9.17, 15) is 4.79 Å². The summed E-state index contributed by atoms with van der Waals surface area (Å²) in [6.45, 7) is 0.427. The number of hydrogen-bond donors (Lipinski definition) is 2. The van der Waals surface area contributed by atoms with Gasteiger partial charge in [0.15, 0.2) is 0 Å². The predicted molar refractivity (Wildman–Crippen MR) is 87.6 cm³/mol. The van der Waals surface area contributed by atoms with Gasteiger partial charge in [0.1, 0.15) is 4.99 Å². The Balaban J connectivity index is 2.06. The van der Waals surface area contributed by atoms with E-state index >= 15 is 0 Å². The van der Waals surface area contributed by atoms with Crippen LogP contribution in [0.25, 0.3) is 0 Å². The molecule has 0 atom stereocenters. The van der Waals surface area contributed by atoms with Crippen molar-refractivity contribution in [1.82, 2.24) is 5.32 Å². The number of amides is 1. The molecule has 0 bridgehead atoms. The standard InChI is InChI=1S/C15H13BrN2OS/c16-13-7-2-1-6-12(13)15(19)18-9-10-4-3-5-11(8-10)14(17)20/h1-8H,9H2,(H2,17,20)(H,18,19). The lowest BCUT2D eigenvalue weighted by atomic mass is 10.1. The average molecular weight is 349 g/mol. The maximum Gasteiger partial charge on any atom is 0.252 e. The zero-order valence-electron chi connectivity index (χ0n) is 10.6. The first kappa shape index (κ1) is 14.7. The molecule has 3 N–H and O–H groups in total. The number of benzene rings is 2. The van der Waals surface area contributed by atoms with Crippen LogP contribution in [0.5, 0.6) is 0 Å². The second-order valence-electron chi connectivity index (χ2n) is 4.23. The maximum atomic E-state index is 12.1. The van der Waals surface area contributed by atoms with E-state index < -0.39 is 0 Å². The maximum absolute atomic E-state index is 12.1. The number of carbonyl (C=O) groups excluding carboxylic acids is 1. The van der Waals surface area contributed by atoms with Gasteiger partial charge in [0.05, 0.1) is 5.56 Å². The van der Waals surface area contributed by atoms with E-state index in [-0.39, 0.29) is 5.91 Å². The lowest BCUT2D eigenvalue weighted by molar-refractivity contribution is 0.0950. The van der Waals surface area contributed by atoms with Crippen LogP contribution in [0.3, 0.4) is 0 Å². The summed E-state index contributed by atoms with van der Waals surface area (Å²) >= 11 is 8.29. The quantitative estimate of drug-likeness (QED) is 0.835. The van der Waals surface area contributed by atoms with Crippen LogP contribution in [0.1, 0.15) is 21.5 Å². The Hall–Kier alpha value is -1.72. The van der Waals surface area contributed by atoms with Crippen molar-refractivity contribution in [3.63, 3.8) is 0 Å². The highest BCUT2D eigenvalue weighted by Crippen LogP contribution is 2.15. The lowest BCUT2D eigenvalue weighted by Gasteiger charge is -2.08. The second kappa shape index (κ2) is 6.63. The van der Waals surface area contributed by atoms with Gasteiger partial charge in [-0.05, 0) is 39.7 Å². The van der Waals surface area contributed by atoms with E-state index in [0.29, 0.717) is 17.1 Å². The summed E-state index contributed by atoms with van der Waals surface area (Å²) in [4.78, 5) is 12.4. The highest BCUT2D eigenvalue weighted by Gasteiger charge is 2.08. The molecule has 2 rings (SSSR count). The summed E-state index contributed by atoms with van der Waals surface area (Å²) in [7, 11) is 0. The van der Waals surface area contributed by atoms with Crippen molar-refractivity contribution in [3.05, 3.63) is 69.7 Å². The molecule has 1 amide bonds. The first-order chi connectivity index (χ1) is 9.58. The third kappa shape index (κ3) is 3.65. The highest BCUT2D eigenvalue weighted by atomic mass is 79.9. The Morgan fingerprint density at radius 2 is 1.95 bits per heavy atom. The Labute approximate surface area is 131 Å². The highest BCUT2D eigenvalue weighted by molar-refractivity contribution is 9.10. The van der Waals surface area contributed by atoms with Gasteiger partial charge in [-0.3, -0.25) is 4.79 Å². The molecule has 102 valence electrons. The van der Waals surface area contributed by atoms with Crippen molar-refractivity contribution in [2.45, 2.75) is 6.54 Å². The number of hydrogen-bond acceptors (Lipinski definition) is 2.